The molecule has 0 amide bonds. The predicted octanol–water partition coefficient (Wildman–Crippen LogP) is 4.53. The lowest BCUT2D eigenvalue weighted by atomic mass is 10.1. The summed E-state index contributed by atoms with van der Waals surface area (Å²) >= 11 is 0. The van der Waals surface area contributed by atoms with Crippen molar-refractivity contribution in [3.63, 3.8) is 0 Å². The second kappa shape index (κ2) is 9.30. The highest BCUT2D eigenvalue weighted by atomic mass is 17.3. The lowest BCUT2D eigenvalue weighted by molar-refractivity contribution is -0.420. The first-order valence-electron chi connectivity index (χ1n) is 8.71. The molecule has 0 saturated heterocycles. The zero-order chi connectivity index (χ0) is 20.0. The van der Waals surface area contributed by atoms with Crippen LogP contribution in [0.4, 0.5) is 0 Å². The third kappa shape index (κ3) is 5.64. The average molecular weight is 372 g/mol. The van der Waals surface area contributed by atoms with Crippen molar-refractivity contribution < 1.29 is 29.1 Å². The SMILES string of the molecule is CCC(OOC(=O)c1cc(C)ccc1C)OOC(=O)c1cc(C)ccc1C. The van der Waals surface area contributed by atoms with Crippen molar-refractivity contribution in [2.75, 3.05) is 0 Å². The summed E-state index contributed by atoms with van der Waals surface area (Å²) in [5.41, 5.74) is 4.19. The lowest BCUT2D eigenvalue weighted by Gasteiger charge is -2.14. The number of aryl methyl sites for hydroxylation is 4. The van der Waals surface area contributed by atoms with E-state index in [0.717, 1.165) is 22.3 Å². The topological polar surface area (TPSA) is 71.1 Å². The van der Waals surface area contributed by atoms with E-state index in [4.69, 9.17) is 19.6 Å². The van der Waals surface area contributed by atoms with Crippen LogP contribution in [-0.2, 0) is 19.6 Å². The van der Waals surface area contributed by atoms with Crippen LogP contribution in [0.5, 0.6) is 0 Å². The van der Waals surface area contributed by atoms with E-state index in [1.165, 1.54) is 0 Å². The standard InChI is InChI=1S/C21H24O6/c1-6-19(24-26-20(22)17-11-13(2)7-9-15(17)4)25-27-21(23)18-12-14(3)8-10-16(18)5/h7-12,19H,6H2,1-5H3. The molecule has 0 saturated carbocycles. The van der Waals surface area contributed by atoms with Gasteiger partial charge in [-0.1, -0.05) is 42.3 Å². The second-order valence-corrected chi connectivity index (χ2v) is 6.41. The molecule has 0 aromatic heterocycles. The highest BCUT2D eigenvalue weighted by Crippen LogP contribution is 2.15. The number of hydrogen-bond donors (Lipinski definition) is 0. The fraction of sp³-hybridized carbons (Fsp3) is 0.333. The number of carbonyl (C=O) groups is 2. The van der Waals surface area contributed by atoms with Crippen LogP contribution >= 0.6 is 0 Å². The van der Waals surface area contributed by atoms with Gasteiger partial charge >= 0.3 is 11.9 Å². The van der Waals surface area contributed by atoms with Crippen molar-refractivity contribution in [1.29, 1.82) is 0 Å². The first-order valence-corrected chi connectivity index (χ1v) is 8.71. The van der Waals surface area contributed by atoms with Crippen molar-refractivity contribution in [1.82, 2.24) is 0 Å². The maximum Gasteiger partial charge on any atom is 0.373 e. The minimum absolute atomic E-state index is 0.306. The Labute approximate surface area is 158 Å². The Morgan fingerprint density at radius 2 is 1.19 bits per heavy atom. The Hall–Kier alpha value is -2.70. The summed E-state index contributed by atoms with van der Waals surface area (Å²) in [5, 5.41) is 0. The molecule has 0 bridgehead atoms. The maximum atomic E-state index is 12.2. The molecule has 0 unspecified atom stereocenters. The van der Waals surface area contributed by atoms with E-state index in [-0.39, 0.29) is 0 Å². The molecule has 0 aliphatic heterocycles. The van der Waals surface area contributed by atoms with Crippen molar-refractivity contribution in [3.8, 4) is 0 Å². The minimum atomic E-state index is -1.03. The molecule has 2 rings (SSSR count). The van der Waals surface area contributed by atoms with Crippen molar-refractivity contribution in [2.45, 2.75) is 47.3 Å². The van der Waals surface area contributed by atoms with Crippen LogP contribution in [0.1, 0.15) is 56.3 Å². The van der Waals surface area contributed by atoms with Crippen LogP contribution < -0.4 is 0 Å². The molecule has 0 N–H and O–H groups in total. The molecule has 0 heterocycles. The quantitative estimate of drug-likeness (QED) is 0.404. The smallest absolute Gasteiger partial charge is 0.290 e. The Kier molecular flexibility index (Phi) is 7.10. The van der Waals surface area contributed by atoms with Gasteiger partial charge in [-0.25, -0.2) is 9.59 Å². The summed E-state index contributed by atoms with van der Waals surface area (Å²) in [6.45, 7) is 9.09. The normalized spacial score (nSPS) is 10.7. The van der Waals surface area contributed by atoms with Gasteiger partial charge in [0.05, 0.1) is 11.1 Å². The molecule has 0 radical (unpaired) electrons. The highest BCUT2D eigenvalue weighted by molar-refractivity contribution is 5.91. The number of benzene rings is 2. The van der Waals surface area contributed by atoms with Gasteiger partial charge in [-0.15, -0.1) is 9.78 Å². The molecular formula is C21H24O6. The van der Waals surface area contributed by atoms with Gasteiger partial charge in [-0.05, 0) is 51.0 Å². The first-order chi connectivity index (χ1) is 12.8. The third-order valence-electron chi connectivity index (χ3n) is 4.02. The van der Waals surface area contributed by atoms with Crippen LogP contribution in [0.25, 0.3) is 0 Å². The Balaban J connectivity index is 1.92. The zero-order valence-electron chi connectivity index (χ0n) is 16.2. The number of hydrogen-bond acceptors (Lipinski definition) is 6. The van der Waals surface area contributed by atoms with Gasteiger partial charge < -0.3 is 0 Å². The van der Waals surface area contributed by atoms with E-state index < -0.39 is 18.2 Å². The van der Waals surface area contributed by atoms with Gasteiger partial charge in [-0.2, -0.15) is 0 Å². The lowest BCUT2D eigenvalue weighted by Crippen LogP contribution is -2.22. The Morgan fingerprint density at radius 1 is 0.778 bits per heavy atom. The zero-order valence-corrected chi connectivity index (χ0v) is 16.2. The van der Waals surface area contributed by atoms with Crippen LogP contribution in [0.2, 0.25) is 0 Å². The van der Waals surface area contributed by atoms with Crippen LogP contribution in [0.15, 0.2) is 36.4 Å². The number of carbonyl (C=O) groups excluding carboxylic acids is 2. The van der Waals surface area contributed by atoms with E-state index in [1.807, 2.05) is 38.1 Å². The Morgan fingerprint density at radius 3 is 1.56 bits per heavy atom. The summed E-state index contributed by atoms with van der Waals surface area (Å²) in [5.74, 6) is -1.28. The summed E-state index contributed by atoms with van der Waals surface area (Å²) in [6, 6.07) is 10.9. The van der Waals surface area contributed by atoms with Crippen molar-refractivity contribution >= 4 is 11.9 Å². The van der Waals surface area contributed by atoms with E-state index >= 15 is 0 Å². The van der Waals surface area contributed by atoms with Crippen molar-refractivity contribution in [2.24, 2.45) is 0 Å². The molecule has 0 fully saturated rings. The molecule has 6 nitrogen and oxygen atoms in total. The third-order valence-corrected chi connectivity index (χ3v) is 4.02. The molecule has 0 atom stereocenters. The highest BCUT2D eigenvalue weighted by Gasteiger charge is 2.19. The second-order valence-electron chi connectivity index (χ2n) is 6.41. The van der Waals surface area contributed by atoms with Gasteiger partial charge in [0.1, 0.15) is 0 Å². The maximum absolute atomic E-state index is 12.2. The molecule has 27 heavy (non-hydrogen) atoms. The molecule has 0 spiro atoms. The summed E-state index contributed by atoms with van der Waals surface area (Å²) in [6.07, 6.45) is -0.728. The Bertz CT molecular complexity index is 760. The van der Waals surface area contributed by atoms with E-state index in [9.17, 15) is 9.59 Å². The molecule has 6 heteroatoms. The molecule has 144 valence electrons. The van der Waals surface area contributed by atoms with Crippen LogP contribution in [-0.4, -0.2) is 18.2 Å². The largest absolute Gasteiger partial charge is 0.373 e. The molecule has 0 aliphatic carbocycles. The minimum Gasteiger partial charge on any atom is -0.290 e. The van der Waals surface area contributed by atoms with Gasteiger partial charge in [-0.3, -0.25) is 9.78 Å². The average Bonchev–Trinajstić information content (AvgIpc) is 2.65. The summed E-state index contributed by atoms with van der Waals surface area (Å²) < 4.78 is 0. The monoisotopic (exact) mass is 372 g/mol. The molecular weight excluding hydrogens is 348 g/mol. The predicted molar refractivity (Wildman–Crippen MR) is 98.9 cm³/mol. The van der Waals surface area contributed by atoms with Crippen LogP contribution in [0.3, 0.4) is 0 Å². The fourth-order valence-corrected chi connectivity index (χ4v) is 2.35. The summed E-state index contributed by atoms with van der Waals surface area (Å²) in [7, 11) is 0. The summed E-state index contributed by atoms with van der Waals surface area (Å²) in [4.78, 5) is 44.0. The molecule has 0 aliphatic rings. The van der Waals surface area contributed by atoms with Gasteiger partial charge in [0, 0.05) is 6.42 Å². The number of rotatable bonds is 7. The van der Waals surface area contributed by atoms with Crippen molar-refractivity contribution in [3.05, 3.63) is 69.8 Å². The van der Waals surface area contributed by atoms with Gasteiger partial charge in [0.15, 0.2) is 0 Å². The van der Waals surface area contributed by atoms with E-state index in [2.05, 4.69) is 0 Å². The van der Waals surface area contributed by atoms with E-state index in [1.54, 1.807) is 32.9 Å². The van der Waals surface area contributed by atoms with Gasteiger partial charge in [0.25, 0.3) is 0 Å². The molecule has 2 aromatic rings. The van der Waals surface area contributed by atoms with E-state index in [0.29, 0.717) is 17.5 Å². The fourth-order valence-electron chi connectivity index (χ4n) is 2.35. The van der Waals surface area contributed by atoms with Gasteiger partial charge in [0.2, 0.25) is 6.29 Å². The first kappa shape index (κ1) is 20.6. The molecule has 2 aromatic carbocycles. The van der Waals surface area contributed by atoms with Crippen LogP contribution in [0, 0.1) is 27.7 Å².